The number of aromatic nitrogens is 1. The standard InChI is InChI=1S/C26H24N2O8S/c1-13-23(25(32)36-5)37-26(27-13)28-20(15-8-11-17(34-3)18(12-15)35-4)19(22(30)24(28)31)21(29)14-6-9-16(33-2)10-7-14/h6-12,20,29H,1-5H3/t20-/m1/s1. The lowest BCUT2D eigenvalue weighted by molar-refractivity contribution is -0.132. The average molecular weight is 525 g/mol. The Morgan fingerprint density at radius 3 is 2.24 bits per heavy atom. The van der Waals surface area contributed by atoms with Crippen molar-refractivity contribution in [2.24, 2.45) is 0 Å². The zero-order chi connectivity index (χ0) is 26.9. The van der Waals surface area contributed by atoms with Crippen LogP contribution in [0.2, 0.25) is 0 Å². The van der Waals surface area contributed by atoms with Crippen LogP contribution < -0.4 is 19.1 Å². The molecule has 0 spiro atoms. The number of ketones is 1. The van der Waals surface area contributed by atoms with Crippen LogP contribution in [-0.4, -0.2) is 56.2 Å². The molecule has 2 heterocycles. The molecule has 11 heteroatoms. The molecular formula is C26H24N2O8S. The Morgan fingerprint density at radius 1 is 0.973 bits per heavy atom. The first-order chi connectivity index (χ1) is 17.7. The van der Waals surface area contributed by atoms with Gasteiger partial charge >= 0.3 is 11.9 Å². The number of nitrogens with zero attached hydrogens (tertiary/aromatic N) is 2. The van der Waals surface area contributed by atoms with E-state index in [4.69, 9.17) is 18.9 Å². The number of rotatable bonds is 7. The maximum absolute atomic E-state index is 13.4. The molecule has 4 rings (SSSR count). The highest BCUT2D eigenvalue weighted by atomic mass is 32.1. The third-order valence-corrected chi connectivity index (χ3v) is 7.03. The zero-order valence-electron chi connectivity index (χ0n) is 20.7. The van der Waals surface area contributed by atoms with Crippen LogP contribution in [0.5, 0.6) is 17.2 Å². The summed E-state index contributed by atoms with van der Waals surface area (Å²) in [6.45, 7) is 1.60. The molecule has 1 atom stereocenters. The van der Waals surface area contributed by atoms with E-state index in [0.29, 0.717) is 34.1 Å². The van der Waals surface area contributed by atoms with Gasteiger partial charge in [0.15, 0.2) is 16.6 Å². The second-order valence-electron chi connectivity index (χ2n) is 7.91. The number of aliphatic hydroxyl groups excluding tert-OH is 1. The molecule has 10 nitrogen and oxygen atoms in total. The number of ether oxygens (including phenoxy) is 4. The van der Waals surface area contributed by atoms with E-state index in [0.717, 1.165) is 11.3 Å². The molecule has 1 aromatic heterocycles. The number of anilines is 1. The Bertz CT molecular complexity index is 1410. The molecular weight excluding hydrogens is 500 g/mol. The topological polar surface area (TPSA) is 124 Å². The maximum atomic E-state index is 13.4. The van der Waals surface area contributed by atoms with Gasteiger partial charge in [0.1, 0.15) is 16.4 Å². The first-order valence-corrected chi connectivity index (χ1v) is 11.8. The number of methoxy groups -OCH3 is 4. The molecule has 1 saturated heterocycles. The van der Waals surface area contributed by atoms with E-state index in [2.05, 4.69) is 4.98 Å². The van der Waals surface area contributed by atoms with E-state index >= 15 is 0 Å². The minimum absolute atomic E-state index is 0.105. The summed E-state index contributed by atoms with van der Waals surface area (Å²) in [6.07, 6.45) is 0. The van der Waals surface area contributed by atoms with Gasteiger partial charge in [-0.3, -0.25) is 14.5 Å². The van der Waals surface area contributed by atoms with Gasteiger partial charge in [-0.05, 0) is 48.9 Å². The van der Waals surface area contributed by atoms with Crippen molar-refractivity contribution in [2.45, 2.75) is 13.0 Å². The first-order valence-electron chi connectivity index (χ1n) is 11.0. The SMILES string of the molecule is COC(=O)c1sc(N2C(=O)C(=O)C(=C(O)c3ccc(OC)cc3)[C@H]2c2ccc(OC)c(OC)c2)nc1C. The van der Waals surface area contributed by atoms with Gasteiger partial charge in [-0.2, -0.15) is 0 Å². The van der Waals surface area contributed by atoms with Gasteiger partial charge in [0.05, 0.1) is 45.7 Å². The molecule has 1 N–H and O–H groups in total. The van der Waals surface area contributed by atoms with Gasteiger partial charge in [-0.25, -0.2) is 9.78 Å². The molecule has 2 aromatic carbocycles. The van der Waals surface area contributed by atoms with Crippen molar-refractivity contribution in [1.29, 1.82) is 0 Å². The number of aryl methyl sites for hydroxylation is 1. The smallest absolute Gasteiger partial charge is 0.350 e. The molecule has 1 fully saturated rings. The maximum Gasteiger partial charge on any atom is 0.350 e. The number of hydrogen-bond donors (Lipinski definition) is 1. The number of thiazole rings is 1. The van der Waals surface area contributed by atoms with Crippen LogP contribution in [0.4, 0.5) is 5.13 Å². The summed E-state index contributed by atoms with van der Waals surface area (Å²) in [7, 11) is 5.70. The highest BCUT2D eigenvalue weighted by molar-refractivity contribution is 7.17. The Kier molecular flexibility index (Phi) is 7.16. The highest BCUT2D eigenvalue weighted by Crippen LogP contribution is 2.45. The van der Waals surface area contributed by atoms with E-state index < -0.39 is 23.7 Å². The molecule has 0 aliphatic carbocycles. The lowest BCUT2D eigenvalue weighted by Gasteiger charge is -2.23. The van der Waals surface area contributed by atoms with Crippen LogP contribution in [0.25, 0.3) is 5.76 Å². The monoisotopic (exact) mass is 524 g/mol. The number of amides is 1. The molecule has 0 unspecified atom stereocenters. The predicted molar refractivity (Wildman–Crippen MR) is 136 cm³/mol. The summed E-state index contributed by atoms with van der Waals surface area (Å²) in [5, 5.41) is 11.4. The van der Waals surface area contributed by atoms with Crippen LogP contribution in [0.3, 0.4) is 0 Å². The number of carbonyl (C=O) groups excluding carboxylic acids is 3. The first kappa shape index (κ1) is 25.7. The molecule has 192 valence electrons. The Morgan fingerprint density at radius 2 is 1.65 bits per heavy atom. The van der Waals surface area contributed by atoms with Gasteiger partial charge in [0.2, 0.25) is 0 Å². The van der Waals surface area contributed by atoms with Crippen LogP contribution in [0.15, 0.2) is 48.0 Å². The summed E-state index contributed by atoms with van der Waals surface area (Å²) < 4.78 is 20.7. The van der Waals surface area contributed by atoms with Gasteiger partial charge in [-0.15, -0.1) is 0 Å². The van der Waals surface area contributed by atoms with E-state index in [1.165, 1.54) is 33.3 Å². The van der Waals surface area contributed by atoms with Crippen molar-refractivity contribution in [3.05, 3.63) is 69.7 Å². The van der Waals surface area contributed by atoms with Gasteiger partial charge in [0.25, 0.3) is 5.78 Å². The number of benzene rings is 2. The minimum Gasteiger partial charge on any atom is -0.507 e. The Labute approximate surface area is 216 Å². The molecule has 37 heavy (non-hydrogen) atoms. The van der Waals surface area contributed by atoms with E-state index in [9.17, 15) is 19.5 Å². The van der Waals surface area contributed by atoms with E-state index in [1.54, 1.807) is 49.4 Å². The lowest BCUT2D eigenvalue weighted by Crippen LogP contribution is -2.29. The number of esters is 1. The van der Waals surface area contributed by atoms with Crippen molar-refractivity contribution >= 4 is 39.9 Å². The fraction of sp³-hybridized carbons (Fsp3) is 0.231. The largest absolute Gasteiger partial charge is 0.507 e. The average Bonchev–Trinajstić information content (AvgIpc) is 3.43. The molecule has 0 radical (unpaired) electrons. The van der Waals surface area contributed by atoms with Gasteiger partial charge < -0.3 is 24.1 Å². The fourth-order valence-electron chi connectivity index (χ4n) is 4.04. The lowest BCUT2D eigenvalue weighted by atomic mass is 9.95. The third-order valence-electron chi connectivity index (χ3n) is 5.89. The molecule has 1 aliphatic heterocycles. The van der Waals surface area contributed by atoms with Gasteiger partial charge in [0, 0.05) is 5.56 Å². The summed E-state index contributed by atoms with van der Waals surface area (Å²) in [4.78, 5) is 44.7. The van der Waals surface area contributed by atoms with Crippen molar-refractivity contribution in [1.82, 2.24) is 4.98 Å². The summed E-state index contributed by atoms with van der Waals surface area (Å²) in [5.41, 5.74) is 0.971. The number of carbonyl (C=O) groups is 3. The predicted octanol–water partition coefficient (Wildman–Crippen LogP) is 3.89. The zero-order valence-corrected chi connectivity index (χ0v) is 21.5. The second-order valence-corrected chi connectivity index (χ2v) is 8.89. The molecule has 0 saturated carbocycles. The molecule has 1 amide bonds. The number of aliphatic hydroxyl groups is 1. The number of Topliss-reactive ketones (excluding diaryl/α,β-unsaturated/α-hetero) is 1. The van der Waals surface area contributed by atoms with Crippen LogP contribution >= 0.6 is 11.3 Å². The fourth-order valence-corrected chi connectivity index (χ4v) is 5.05. The summed E-state index contributed by atoms with van der Waals surface area (Å²) in [6, 6.07) is 10.3. The van der Waals surface area contributed by atoms with Gasteiger partial charge in [-0.1, -0.05) is 17.4 Å². The quantitative estimate of drug-likeness (QED) is 0.212. The third kappa shape index (κ3) is 4.49. The van der Waals surface area contributed by atoms with E-state index in [1.807, 2.05) is 0 Å². The van der Waals surface area contributed by atoms with Crippen LogP contribution in [-0.2, 0) is 14.3 Å². The van der Waals surface area contributed by atoms with Crippen molar-refractivity contribution in [3.8, 4) is 17.2 Å². The van der Waals surface area contributed by atoms with Crippen LogP contribution in [0.1, 0.15) is 32.5 Å². The minimum atomic E-state index is -1.07. The summed E-state index contributed by atoms with van der Waals surface area (Å²) >= 11 is 0.916. The molecule has 1 aliphatic rings. The Hall–Kier alpha value is -4.38. The van der Waals surface area contributed by atoms with Crippen molar-refractivity contribution in [2.75, 3.05) is 33.3 Å². The molecule has 3 aromatic rings. The molecule has 0 bridgehead atoms. The second kappa shape index (κ2) is 10.3. The van der Waals surface area contributed by atoms with Crippen molar-refractivity contribution in [3.63, 3.8) is 0 Å². The Balaban J connectivity index is 1.95. The van der Waals surface area contributed by atoms with E-state index in [-0.39, 0.29) is 21.3 Å². The normalized spacial score (nSPS) is 16.6. The highest BCUT2D eigenvalue weighted by Gasteiger charge is 2.48. The van der Waals surface area contributed by atoms with Crippen LogP contribution in [0, 0.1) is 6.92 Å². The van der Waals surface area contributed by atoms with Crippen molar-refractivity contribution < 1.29 is 38.4 Å². The number of hydrogen-bond acceptors (Lipinski definition) is 10. The summed E-state index contributed by atoms with van der Waals surface area (Å²) in [5.74, 6) is -1.43.